The molecule has 0 atom stereocenters. The Labute approximate surface area is 107 Å². The number of rotatable bonds is 2. The molecule has 0 spiro atoms. The first-order valence-corrected chi connectivity index (χ1v) is 6.02. The fraction of sp³-hybridized carbons (Fsp3) is 0. The van der Waals surface area contributed by atoms with Crippen molar-refractivity contribution in [3.05, 3.63) is 48.3 Å². The van der Waals surface area contributed by atoms with E-state index in [1.54, 1.807) is 18.3 Å². The van der Waals surface area contributed by atoms with Gasteiger partial charge in [-0.1, -0.05) is 6.07 Å². The van der Waals surface area contributed by atoms with Gasteiger partial charge in [-0.2, -0.15) is 5.26 Å². The van der Waals surface area contributed by atoms with Crippen LogP contribution in [0.15, 0.2) is 52.9 Å². The van der Waals surface area contributed by atoms with Crippen molar-refractivity contribution < 1.29 is 0 Å². The van der Waals surface area contributed by atoms with Gasteiger partial charge in [0, 0.05) is 12.4 Å². The predicted molar refractivity (Wildman–Crippen MR) is 66.1 cm³/mol. The highest BCUT2D eigenvalue weighted by atomic mass is 32.2. The smallest absolute Gasteiger partial charge is 0.201 e. The molecule has 0 aliphatic carbocycles. The lowest BCUT2D eigenvalue weighted by Gasteiger charge is -1.99. The van der Waals surface area contributed by atoms with Gasteiger partial charge in [-0.25, -0.2) is 4.98 Å². The summed E-state index contributed by atoms with van der Waals surface area (Å²) in [5.74, 6) is 0. The minimum atomic E-state index is 0.585. The Hall–Kier alpha value is -2.39. The van der Waals surface area contributed by atoms with E-state index in [0.29, 0.717) is 5.56 Å². The molecule has 3 rings (SSSR count). The molecule has 3 aromatic heterocycles. The average Bonchev–Trinajstić information content (AvgIpc) is 2.83. The topological polar surface area (TPSA) is 66.9 Å². The number of pyridine rings is 2. The molecule has 3 aromatic rings. The van der Waals surface area contributed by atoms with Crippen LogP contribution in [0.3, 0.4) is 0 Å². The van der Waals surface area contributed by atoms with Gasteiger partial charge in [0.1, 0.15) is 5.03 Å². The maximum Gasteiger partial charge on any atom is 0.201 e. The van der Waals surface area contributed by atoms with E-state index >= 15 is 0 Å². The Balaban J connectivity index is 1.99. The van der Waals surface area contributed by atoms with Crippen LogP contribution in [0.25, 0.3) is 5.65 Å². The summed E-state index contributed by atoms with van der Waals surface area (Å²) in [5, 5.41) is 18.5. The van der Waals surface area contributed by atoms with Crippen LogP contribution in [-0.4, -0.2) is 19.6 Å². The summed E-state index contributed by atoms with van der Waals surface area (Å²) >= 11 is 1.38. The van der Waals surface area contributed by atoms with E-state index in [1.165, 1.54) is 11.8 Å². The van der Waals surface area contributed by atoms with Crippen LogP contribution in [0, 0.1) is 11.3 Å². The molecule has 0 aromatic carbocycles. The van der Waals surface area contributed by atoms with Crippen molar-refractivity contribution in [2.24, 2.45) is 0 Å². The molecule has 0 aliphatic rings. The molecule has 0 fully saturated rings. The van der Waals surface area contributed by atoms with Crippen LogP contribution in [0.2, 0.25) is 0 Å². The third kappa shape index (κ3) is 1.92. The van der Waals surface area contributed by atoms with Crippen LogP contribution in [0.5, 0.6) is 0 Å². The Kier molecular flexibility index (Phi) is 2.67. The standard InChI is InChI=1S/C12H7N5S/c13-8-9-4-5-14-11(7-9)18-12-16-15-10-3-1-2-6-17(10)12/h1-7H. The average molecular weight is 253 g/mol. The van der Waals surface area contributed by atoms with E-state index in [9.17, 15) is 0 Å². The van der Waals surface area contributed by atoms with E-state index in [0.717, 1.165) is 15.8 Å². The molecule has 0 saturated carbocycles. The highest BCUT2D eigenvalue weighted by Crippen LogP contribution is 2.24. The number of hydrogen-bond donors (Lipinski definition) is 0. The number of fused-ring (bicyclic) bond motifs is 1. The lowest BCUT2D eigenvalue weighted by atomic mass is 10.3. The first-order valence-electron chi connectivity index (χ1n) is 5.20. The van der Waals surface area contributed by atoms with E-state index in [1.807, 2.05) is 28.8 Å². The zero-order valence-electron chi connectivity index (χ0n) is 9.19. The largest absolute Gasteiger partial charge is 0.277 e. The minimum absolute atomic E-state index is 0.585. The highest BCUT2D eigenvalue weighted by molar-refractivity contribution is 7.99. The highest BCUT2D eigenvalue weighted by Gasteiger charge is 2.07. The van der Waals surface area contributed by atoms with Crippen molar-refractivity contribution in [3.8, 4) is 6.07 Å². The summed E-state index contributed by atoms with van der Waals surface area (Å²) < 4.78 is 1.88. The minimum Gasteiger partial charge on any atom is -0.277 e. The van der Waals surface area contributed by atoms with Crippen LogP contribution in [0.1, 0.15) is 5.56 Å². The SMILES string of the molecule is N#Cc1ccnc(Sc2nnc3ccccn23)c1. The lowest BCUT2D eigenvalue weighted by Crippen LogP contribution is -1.87. The maximum absolute atomic E-state index is 8.84. The zero-order chi connectivity index (χ0) is 12.4. The Morgan fingerprint density at radius 1 is 1.22 bits per heavy atom. The second-order valence-electron chi connectivity index (χ2n) is 3.51. The van der Waals surface area contributed by atoms with Crippen LogP contribution >= 0.6 is 11.8 Å². The summed E-state index contributed by atoms with van der Waals surface area (Å²) in [6, 6.07) is 11.2. The van der Waals surface area contributed by atoms with Crippen molar-refractivity contribution in [1.29, 1.82) is 5.26 Å². The first kappa shape index (κ1) is 10.7. The molecule has 0 aliphatic heterocycles. The molecule has 0 unspecified atom stereocenters. The van der Waals surface area contributed by atoms with E-state index in [-0.39, 0.29) is 0 Å². The van der Waals surface area contributed by atoms with Crippen LogP contribution < -0.4 is 0 Å². The quantitative estimate of drug-likeness (QED) is 0.700. The van der Waals surface area contributed by atoms with Crippen molar-refractivity contribution in [1.82, 2.24) is 19.6 Å². The summed E-state index contributed by atoms with van der Waals surface area (Å²) in [6.07, 6.45) is 3.51. The van der Waals surface area contributed by atoms with Crippen molar-refractivity contribution in [3.63, 3.8) is 0 Å². The van der Waals surface area contributed by atoms with Gasteiger partial charge in [-0.05, 0) is 36.0 Å². The number of nitriles is 1. The second-order valence-corrected chi connectivity index (χ2v) is 4.50. The molecular formula is C12H7N5S. The summed E-state index contributed by atoms with van der Waals surface area (Å²) in [4.78, 5) is 4.20. The Morgan fingerprint density at radius 3 is 3.06 bits per heavy atom. The third-order valence-electron chi connectivity index (χ3n) is 2.34. The summed E-state index contributed by atoms with van der Waals surface area (Å²) in [5.41, 5.74) is 1.37. The van der Waals surface area contributed by atoms with Gasteiger partial charge in [-0.3, -0.25) is 4.40 Å². The van der Waals surface area contributed by atoms with E-state index < -0.39 is 0 Å². The predicted octanol–water partition coefficient (Wildman–Crippen LogP) is 2.15. The van der Waals surface area contributed by atoms with Crippen molar-refractivity contribution >= 4 is 17.4 Å². The molecule has 0 bridgehead atoms. The monoisotopic (exact) mass is 253 g/mol. The Bertz CT molecular complexity index is 743. The molecule has 0 saturated heterocycles. The second kappa shape index (κ2) is 4.47. The maximum atomic E-state index is 8.84. The van der Waals surface area contributed by atoms with Crippen molar-refractivity contribution in [2.75, 3.05) is 0 Å². The zero-order valence-corrected chi connectivity index (χ0v) is 10.0. The van der Waals surface area contributed by atoms with Gasteiger partial charge in [0.25, 0.3) is 0 Å². The third-order valence-corrected chi connectivity index (χ3v) is 3.24. The van der Waals surface area contributed by atoms with Gasteiger partial charge in [0.2, 0.25) is 5.16 Å². The number of aromatic nitrogens is 4. The van der Waals surface area contributed by atoms with Crippen molar-refractivity contribution in [2.45, 2.75) is 10.2 Å². The van der Waals surface area contributed by atoms with Crippen LogP contribution in [0.4, 0.5) is 0 Å². The lowest BCUT2D eigenvalue weighted by molar-refractivity contribution is 0.917. The molecule has 0 amide bonds. The van der Waals surface area contributed by atoms with E-state index in [4.69, 9.17) is 5.26 Å². The van der Waals surface area contributed by atoms with Gasteiger partial charge in [-0.15, -0.1) is 10.2 Å². The van der Waals surface area contributed by atoms with Gasteiger partial charge < -0.3 is 0 Å². The number of nitrogens with zero attached hydrogens (tertiary/aromatic N) is 5. The first-order chi connectivity index (χ1) is 8.86. The molecule has 5 nitrogen and oxygen atoms in total. The van der Waals surface area contributed by atoms with Crippen LogP contribution in [-0.2, 0) is 0 Å². The fourth-order valence-corrected chi connectivity index (χ4v) is 2.34. The summed E-state index contributed by atoms with van der Waals surface area (Å²) in [7, 11) is 0. The molecule has 0 radical (unpaired) electrons. The van der Waals surface area contributed by atoms with E-state index in [2.05, 4.69) is 21.3 Å². The summed E-state index contributed by atoms with van der Waals surface area (Å²) in [6.45, 7) is 0. The molecule has 18 heavy (non-hydrogen) atoms. The Morgan fingerprint density at radius 2 is 2.17 bits per heavy atom. The normalized spacial score (nSPS) is 10.4. The van der Waals surface area contributed by atoms with Gasteiger partial charge in [0.05, 0.1) is 11.6 Å². The molecule has 86 valence electrons. The fourth-order valence-electron chi connectivity index (χ4n) is 1.52. The van der Waals surface area contributed by atoms with Gasteiger partial charge in [0.15, 0.2) is 5.65 Å². The molecule has 6 heteroatoms. The number of hydrogen-bond acceptors (Lipinski definition) is 5. The molecular weight excluding hydrogens is 246 g/mol. The molecule has 3 heterocycles. The van der Waals surface area contributed by atoms with Gasteiger partial charge >= 0.3 is 0 Å². The molecule has 0 N–H and O–H groups in total.